The van der Waals surface area contributed by atoms with Crippen LogP contribution in [0.4, 0.5) is 13.2 Å². The van der Waals surface area contributed by atoms with Crippen LogP contribution in [0.15, 0.2) is 24.4 Å². The molecular formula is C13H17F3N2O3. The van der Waals surface area contributed by atoms with Crippen LogP contribution in [-0.4, -0.2) is 46.0 Å². The van der Waals surface area contributed by atoms with Gasteiger partial charge in [-0.15, -0.1) is 0 Å². The summed E-state index contributed by atoms with van der Waals surface area (Å²) in [5.74, 6) is -2.76. The second-order valence-electron chi connectivity index (χ2n) is 4.78. The van der Waals surface area contributed by atoms with Gasteiger partial charge in [-0.1, -0.05) is 6.07 Å². The zero-order chi connectivity index (χ0) is 15.9. The van der Waals surface area contributed by atoms with E-state index in [1.54, 1.807) is 6.20 Å². The van der Waals surface area contributed by atoms with Crippen molar-refractivity contribution in [2.45, 2.75) is 31.0 Å². The fourth-order valence-electron chi connectivity index (χ4n) is 1.91. The highest BCUT2D eigenvalue weighted by molar-refractivity contribution is 5.73. The number of nitrogens with zero attached hydrogens (tertiary/aromatic N) is 1. The fraction of sp³-hybridized carbons (Fsp3) is 0.538. The number of aromatic nitrogens is 1. The van der Waals surface area contributed by atoms with Crippen molar-refractivity contribution >= 4 is 5.97 Å². The lowest BCUT2D eigenvalue weighted by molar-refractivity contribution is -0.192. The number of hydrogen-bond donors (Lipinski definition) is 3. The molecule has 3 N–H and O–H groups in total. The number of rotatable bonds is 2. The van der Waals surface area contributed by atoms with Crippen LogP contribution in [-0.2, 0) is 11.2 Å². The van der Waals surface area contributed by atoms with Gasteiger partial charge in [-0.25, -0.2) is 4.79 Å². The summed E-state index contributed by atoms with van der Waals surface area (Å²) in [5, 5.41) is 20.6. The third-order valence-electron chi connectivity index (χ3n) is 3.01. The molecule has 0 atom stereocenters. The summed E-state index contributed by atoms with van der Waals surface area (Å²) < 4.78 is 31.7. The molecule has 1 aliphatic rings. The van der Waals surface area contributed by atoms with Crippen LogP contribution >= 0.6 is 0 Å². The Morgan fingerprint density at radius 1 is 1.33 bits per heavy atom. The molecule has 1 aromatic heterocycles. The first kappa shape index (κ1) is 17.4. The lowest BCUT2D eigenvalue weighted by Gasteiger charge is -2.32. The molecule has 1 fully saturated rings. The summed E-state index contributed by atoms with van der Waals surface area (Å²) in [6.45, 7) is 1.81. The van der Waals surface area contributed by atoms with Crippen LogP contribution in [0.3, 0.4) is 0 Å². The molecule has 0 amide bonds. The van der Waals surface area contributed by atoms with Crippen molar-refractivity contribution in [2.75, 3.05) is 13.1 Å². The first-order valence-corrected chi connectivity index (χ1v) is 6.36. The highest BCUT2D eigenvalue weighted by atomic mass is 19.4. The highest BCUT2D eigenvalue weighted by Crippen LogP contribution is 2.22. The van der Waals surface area contributed by atoms with Gasteiger partial charge in [-0.3, -0.25) is 4.98 Å². The van der Waals surface area contributed by atoms with Gasteiger partial charge >= 0.3 is 12.1 Å². The van der Waals surface area contributed by atoms with Gasteiger partial charge in [0.2, 0.25) is 0 Å². The number of nitrogens with one attached hydrogen (secondary N) is 1. The molecule has 0 bridgehead atoms. The number of halogens is 3. The zero-order valence-corrected chi connectivity index (χ0v) is 11.2. The number of carboxylic acids is 1. The summed E-state index contributed by atoms with van der Waals surface area (Å²) in [6, 6.07) is 5.84. The number of carbonyl (C=O) groups is 1. The molecule has 0 radical (unpaired) electrons. The molecule has 1 aliphatic heterocycles. The van der Waals surface area contributed by atoms with Crippen LogP contribution < -0.4 is 5.32 Å². The van der Waals surface area contributed by atoms with Gasteiger partial charge in [0.05, 0.1) is 5.60 Å². The smallest absolute Gasteiger partial charge is 0.475 e. The molecule has 2 heterocycles. The van der Waals surface area contributed by atoms with Crippen LogP contribution in [0, 0.1) is 0 Å². The van der Waals surface area contributed by atoms with Crippen molar-refractivity contribution in [2.24, 2.45) is 0 Å². The Bertz CT molecular complexity index is 446. The summed E-state index contributed by atoms with van der Waals surface area (Å²) in [6.07, 6.45) is -0.984. The van der Waals surface area contributed by atoms with Gasteiger partial charge in [0, 0.05) is 18.3 Å². The van der Waals surface area contributed by atoms with E-state index in [9.17, 15) is 18.3 Å². The largest absolute Gasteiger partial charge is 0.490 e. The normalized spacial score (nSPS) is 17.5. The SMILES string of the molecule is O=C(O)C(F)(F)F.OC1(Cc2ccccn2)CCNCC1. The zero-order valence-electron chi connectivity index (χ0n) is 11.2. The summed E-state index contributed by atoms with van der Waals surface area (Å²) in [5.41, 5.74) is 0.441. The molecule has 118 valence electrons. The number of aliphatic hydroxyl groups is 1. The topological polar surface area (TPSA) is 82.5 Å². The number of aliphatic carboxylic acids is 1. The van der Waals surface area contributed by atoms with Gasteiger partial charge in [-0.05, 0) is 38.1 Å². The number of piperidine rings is 1. The second kappa shape index (κ2) is 7.37. The van der Waals surface area contributed by atoms with Gasteiger partial charge in [0.1, 0.15) is 0 Å². The minimum Gasteiger partial charge on any atom is -0.475 e. The summed E-state index contributed by atoms with van der Waals surface area (Å²) >= 11 is 0. The number of carboxylic acid groups (broad SMARTS) is 1. The molecule has 1 aromatic rings. The molecule has 1 saturated heterocycles. The maximum absolute atomic E-state index is 10.6. The standard InChI is InChI=1S/C11H16N2O.C2HF3O2/c14-11(4-7-12-8-5-11)9-10-3-1-2-6-13-10;3-2(4,5)1(6)7/h1-3,6,12,14H,4-5,7-9H2;(H,6,7). The molecule has 0 aliphatic carbocycles. The Hall–Kier alpha value is -1.67. The third-order valence-corrected chi connectivity index (χ3v) is 3.01. The van der Waals surface area contributed by atoms with E-state index in [-0.39, 0.29) is 0 Å². The van der Waals surface area contributed by atoms with Crippen LogP contribution in [0.5, 0.6) is 0 Å². The average molecular weight is 306 g/mol. The Morgan fingerprint density at radius 3 is 2.33 bits per heavy atom. The van der Waals surface area contributed by atoms with E-state index in [0.29, 0.717) is 6.42 Å². The molecule has 5 nitrogen and oxygen atoms in total. The van der Waals surface area contributed by atoms with Gasteiger partial charge in [0.25, 0.3) is 0 Å². The first-order chi connectivity index (χ1) is 9.73. The Balaban J connectivity index is 0.000000270. The third kappa shape index (κ3) is 6.54. The van der Waals surface area contributed by atoms with Crippen molar-refractivity contribution in [3.8, 4) is 0 Å². The molecule has 0 unspecified atom stereocenters. The van der Waals surface area contributed by atoms with Crippen molar-refractivity contribution in [1.29, 1.82) is 0 Å². The van der Waals surface area contributed by atoms with Crippen molar-refractivity contribution in [3.05, 3.63) is 30.1 Å². The quantitative estimate of drug-likeness (QED) is 0.769. The number of alkyl halides is 3. The second-order valence-corrected chi connectivity index (χ2v) is 4.78. The first-order valence-electron chi connectivity index (χ1n) is 6.36. The maximum Gasteiger partial charge on any atom is 0.490 e. The van der Waals surface area contributed by atoms with Crippen LogP contribution in [0.1, 0.15) is 18.5 Å². The molecule has 0 spiro atoms. The Morgan fingerprint density at radius 2 is 1.90 bits per heavy atom. The van der Waals surface area contributed by atoms with E-state index in [0.717, 1.165) is 31.6 Å². The highest BCUT2D eigenvalue weighted by Gasteiger charge is 2.38. The lowest BCUT2D eigenvalue weighted by Crippen LogP contribution is -2.43. The number of hydrogen-bond acceptors (Lipinski definition) is 4. The van der Waals surface area contributed by atoms with Gasteiger partial charge in [-0.2, -0.15) is 13.2 Å². The van der Waals surface area contributed by atoms with E-state index in [1.807, 2.05) is 18.2 Å². The average Bonchev–Trinajstić information content (AvgIpc) is 2.39. The molecule has 8 heteroatoms. The monoisotopic (exact) mass is 306 g/mol. The van der Waals surface area contributed by atoms with E-state index in [2.05, 4.69) is 10.3 Å². The van der Waals surface area contributed by atoms with E-state index >= 15 is 0 Å². The predicted molar refractivity (Wildman–Crippen MR) is 68.7 cm³/mol. The van der Waals surface area contributed by atoms with E-state index in [4.69, 9.17) is 9.90 Å². The van der Waals surface area contributed by atoms with Crippen LogP contribution in [0.25, 0.3) is 0 Å². The summed E-state index contributed by atoms with van der Waals surface area (Å²) in [4.78, 5) is 13.1. The van der Waals surface area contributed by atoms with Crippen molar-refractivity contribution in [3.63, 3.8) is 0 Å². The van der Waals surface area contributed by atoms with Crippen LogP contribution in [0.2, 0.25) is 0 Å². The van der Waals surface area contributed by atoms with Crippen molar-refractivity contribution < 1.29 is 28.2 Å². The molecule has 2 rings (SSSR count). The Kier molecular flexibility index (Phi) is 6.10. The maximum atomic E-state index is 10.6. The Labute approximate surface area is 119 Å². The molecular weight excluding hydrogens is 289 g/mol. The molecule has 0 saturated carbocycles. The molecule has 21 heavy (non-hydrogen) atoms. The minimum absolute atomic E-state index is 0.542. The van der Waals surface area contributed by atoms with Crippen molar-refractivity contribution in [1.82, 2.24) is 10.3 Å². The van der Waals surface area contributed by atoms with Gasteiger partial charge < -0.3 is 15.5 Å². The van der Waals surface area contributed by atoms with Gasteiger partial charge in [0.15, 0.2) is 0 Å². The fourth-order valence-corrected chi connectivity index (χ4v) is 1.91. The minimum atomic E-state index is -5.08. The van der Waals surface area contributed by atoms with E-state index < -0.39 is 17.7 Å². The summed E-state index contributed by atoms with van der Waals surface area (Å²) in [7, 11) is 0. The number of pyridine rings is 1. The lowest BCUT2D eigenvalue weighted by atomic mass is 9.88. The predicted octanol–water partition coefficient (Wildman–Crippen LogP) is 1.37. The molecule has 0 aromatic carbocycles. The van der Waals surface area contributed by atoms with E-state index in [1.165, 1.54) is 0 Å².